The van der Waals surface area contributed by atoms with Crippen LogP contribution in [0.25, 0.3) is 0 Å². The lowest BCUT2D eigenvalue weighted by atomic mass is 9.44. The molecule has 8 heteroatoms. The van der Waals surface area contributed by atoms with Crippen LogP contribution in [0.2, 0.25) is 0 Å². The highest BCUT2D eigenvalue weighted by atomic mass is 32.2. The first-order valence-electron chi connectivity index (χ1n) is 14.7. The molecule has 1 amide bonds. The number of carbonyl (C=O) groups excluding carboxylic acids is 3. The highest BCUT2D eigenvalue weighted by Gasteiger charge is 2.68. The summed E-state index contributed by atoms with van der Waals surface area (Å²) >= 11 is 1.43. The van der Waals surface area contributed by atoms with Gasteiger partial charge in [-0.25, -0.2) is 0 Å². The first-order valence-corrected chi connectivity index (χ1v) is 15.6. The molecule has 9 atom stereocenters. The molecular formula is C31H52N2O5S. The van der Waals surface area contributed by atoms with E-state index < -0.39 is 33.8 Å². The maximum Gasteiger partial charge on any atom is 0.316 e. The number of nitrogens with two attached hydrogens (primary N) is 1. The lowest BCUT2D eigenvalue weighted by Gasteiger charge is -2.61. The zero-order valence-corrected chi connectivity index (χ0v) is 26.2. The minimum atomic E-state index is -0.684. The first-order chi connectivity index (χ1) is 17.9. The summed E-state index contributed by atoms with van der Waals surface area (Å²) < 4.78 is 5.92. The number of hydrogen-bond donors (Lipinski definition) is 3. The number of hydrogen-bond acceptors (Lipinski definition) is 7. The number of amides is 1. The molecule has 3 fully saturated rings. The van der Waals surface area contributed by atoms with Crippen molar-refractivity contribution in [2.24, 2.45) is 45.7 Å². The van der Waals surface area contributed by atoms with E-state index in [0.717, 1.165) is 19.3 Å². The fraction of sp³-hybridized carbons (Fsp3) is 0.839. The van der Waals surface area contributed by atoms with Crippen LogP contribution in [-0.4, -0.2) is 58.1 Å². The summed E-state index contributed by atoms with van der Waals surface area (Å²) in [6.45, 7) is 20.7. The Balaban J connectivity index is 1.82. The Labute approximate surface area is 239 Å². The second kappa shape index (κ2) is 11.5. The Morgan fingerprint density at radius 3 is 2.51 bits per heavy atom. The fourth-order valence-corrected chi connectivity index (χ4v) is 8.47. The minimum Gasteiger partial charge on any atom is -0.461 e. The van der Waals surface area contributed by atoms with Gasteiger partial charge in [-0.15, -0.1) is 18.3 Å². The second-order valence-corrected chi connectivity index (χ2v) is 15.8. The fourth-order valence-electron chi connectivity index (χ4n) is 7.72. The largest absolute Gasteiger partial charge is 0.461 e. The van der Waals surface area contributed by atoms with Gasteiger partial charge in [0.2, 0.25) is 5.91 Å². The van der Waals surface area contributed by atoms with E-state index in [9.17, 15) is 19.5 Å². The third-order valence-corrected chi connectivity index (χ3v) is 12.2. The Kier molecular flexibility index (Phi) is 9.46. The number of Topliss-reactive ketones (excluding diaryl/α,β-unsaturated/α-hetero) is 1. The van der Waals surface area contributed by atoms with E-state index in [1.165, 1.54) is 11.8 Å². The van der Waals surface area contributed by atoms with Crippen molar-refractivity contribution in [1.82, 2.24) is 5.32 Å². The zero-order chi connectivity index (χ0) is 29.6. The molecule has 0 unspecified atom stereocenters. The van der Waals surface area contributed by atoms with Gasteiger partial charge in [-0.3, -0.25) is 14.4 Å². The van der Waals surface area contributed by atoms with Gasteiger partial charge in [0.1, 0.15) is 11.9 Å². The summed E-state index contributed by atoms with van der Waals surface area (Å²) in [5.74, 6) is -0.243. The Bertz CT molecular complexity index is 969. The predicted molar refractivity (Wildman–Crippen MR) is 157 cm³/mol. The van der Waals surface area contributed by atoms with Crippen molar-refractivity contribution >= 4 is 29.4 Å². The molecule has 0 aromatic heterocycles. The molecule has 4 N–H and O–H groups in total. The summed E-state index contributed by atoms with van der Waals surface area (Å²) in [6, 6.07) is -0.573. The van der Waals surface area contributed by atoms with Gasteiger partial charge in [-0.2, -0.15) is 0 Å². The minimum absolute atomic E-state index is 0.0382. The van der Waals surface area contributed by atoms with Gasteiger partial charge in [-0.05, 0) is 62.7 Å². The molecule has 222 valence electrons. The summed E-state index contributed by atoms with van der Waals surface area (Å²) in [5, 5.41) is 14.6. The van der Waals surface area contributed by atoms with E-state index in [1.54, 1.807) is 0 Å². The van der Waals surface area contributed by atoms with Crippen LogP contribution in [0.1, 0.15) is 87.5 Å². The van der Waals surface area contributed by atoms with Crippen molar-refractivity contribution in [3.8, 4) is 0 Å². The van der Waals surface area contributed by atoms with Gasteiger partial charge in [-0.1, -0.05) is 47.6 Å². The molecule has 0 aromatic carbocycles. The quantitative estimate of drug-likeness (QED) is 0.279. The van der Waals surface area contributed by atoms with E-state index in [2.05, 4.69) is 32.7 Å². The number of aliphatic hydroxyl groups is 1. The standard InChI is InChI=1S/C31H52N2O5S/c1-10-29(8)15-22(38-23(35)16-39-28(6,7)17-33-27(37)24(32)18(2)3)30(9)19(4)11-13-31(20(5)26(29)36)14-12-21(34)25(30)31/h10,18-20,22,24-26,36H,1,11-17,32H2,2-9H3,(H,33,37)/t19-,20+,22-,24-,25+,26+,29-,30+,31+/m0/s1. The van der Waals surface area contributed by atoms with Crippen molar-refractivity contribution in [1.29, 1.82) is 0 Å². The van der Waals surface area contributed by atoms with Crippen LogP contribution in [-0.2, 0) is 19.1 Å². The van der Waals surface area contributed by atoms with E-state index in [1.807, 2.05) is 40.7 Å². The number of thioether (sulfide) groups is 1. The van der Waals surface area contributed by atoms with Crippen molar-refractivity contribution in [2.75, 3.05) is 12.3 Å². The normalized spacial score (nSPS) is 39.4. The van der Waals surface area contributed by atoms with Crippen molar-refractivity contribution < 1.29 is 24.2 Å². The third kappa shape index (κ3) is 5.85. The van der Waals surface area contributed by atoms with Crippen molar-refractivity contribution in [3.63, 3.8) is 0 Å². The van der Waals surface area contributed by atoms with Gasteiger partial charge in [0.15, 0.2) is 0 Å². The number of aliphatic hydroxyl groups excluding tert-OH is 1. The summed E-state index contributed by atoms with van der Waals surface area (Å²) in [4.78, 5) is 39.2. The lowest BCUT2D eigenvalue weighted by Crippen LogP contribution is -2.63. The molecule has 0 radical (unpaired) electrons. The van der Waals surface area contributed by atoms with Crippen LogP contribution < -0.4 is 11.1 Å². The molecule has 0 saturated heterocycles. The molecule has 3 saturated carbocycles. The summed E-state index contributed by atoms with van der Waals surface area (Å²) in [6.07, 6.45) is 4.17. The average Bonchev–Trinajstić information content (AvgIpc) is 3.24. The SMILES string of the molecule is C=C[C@@]1(C)C[C@H](OC(=O)CSC(C)(C)CNC(=O)[C@@H](N)C(C)C)[C@@]2(C)[C@@H](C)CC[C@@]3(CCC(=O)[C@@H]32)[C@H](C)[C@H]1O. The predicted octanol–water partition coefficient (Wildman–Crippen LogP) is 4.50. The monoisotopic (exact) mass is 564 g/mol. The van der Waals surface area contributed by atoms with Gasteiger partial charge < -0.3 is 20.9 Å². The van der Waals surface area contributed by atoms with Crippen LogP contribution in [0.3, 0.4) is 0 Å². The van der Waals surface area contributed by atoms with E-state index >= 15 is 0 Å². The zero-order valence-electron chi connectivity index (χ0n) is 25.3. The van der Waals surface area contributed by atoms with Crippen molar-refractivity contribution in [2.45, 2.75) is 110 Å². The number of esters is 1. The Morgan fingerprint density at radius 1 is 1.28 bits per heavy atom. The molecule has 0 aliphatic heterocycles. The molecule has 3 rings (SSSR count). The maximum atomic E-state index is 13.5. The number of ketones is 1. The van der Waals surface area contributed by atoms with Gasteiger partial charge in [0.05, 0.1) is 17.9 Å². The number of nitrogens with one attached hydrogen (secondary N) is 1. The molecule has 3 aliphatic rings. The molecule has 3 aliphatic carbocycles. The van der Waals surface area contributed by atoms with Crippen molar-refractivity contribution in [3.05, 3.63) is 12.7 Å². The van der Waals surface area contributed by atoms with Crippen LogP contribution in [0.5, 0.6) is 0 Å². The average molecular weight is 565 g/mol. The number of rotatable bonds is 9. The first kappa shape index (κ1) is 32.1. The van der Waals surface area contributed by atoms with Gasteiger partial charge in [0.25, 0.3) is 0 Å². The Hall–Kier alpha value is -1.38. The molecular weight excluding hydrogens is 512 g/mol. The van der Waals surface area contributed by atoms with Crippen LogP contribution >= 0.6 is 11.8 Å². The van der Waals surface area contributed by atoms with Gasteiger partial charge in [0, 0.05) is 34.5 Å². The summed E-state index contributed by atoms with van der Waals surface area (Å²) in [5.41, 5.74) is 4.49. The number of ether oxygens (including phenoxy) is 1. The topological polar surface area (TPSA) is 119 Å². The Morgan fingerprint density at radius 2 is 1.92 bits per heavy atom. The highest BCUT2D eigenvalue weighted by Crippen LogP contribution is 2.68. The molecule has 0 heterocycles. The van der Waals surface area contributed by atoms with Crippen LogP contribution in [0.15, 0.2) is 12.7 Å². The van der Waals surface area contributed by atoms with E-state index in [0.29, 0.717) is 19.4 Å². The van der Waals surface area contributed by atoms with E-state index in [4.69, 9.17) is 10.5 Å². The maximum absolute atomic E-state index is 13.5. The lowest BCUT2D eigenvalue weighted by molar-refractivity contribution is -0.205. The van der Waals surface area contributed by atoms with Crippen LogP contribution in [0.4, 0.5) is 0 Å². The third-order valence-electron chi connectivity index (χ3n) is 10.9. The number of carbonyl (C=O) groups is 3. The highest BCUT2D eigenvalue weighted by molar-refractivity contribution is 8.01. The summed E-state index contributed by atoms with van der Waals surface area (Å²) in [7, 11) is 0. The second-order valence-electron chi connectivity index (χ2n) is 14.1. The van der Waals surface area contributed by atoms with Gasteiger partial charge >= 0.3 is 5.97 Å². The van der Waals surface area contributed by atoms with E-state index in [-0.39, 0.29) is 52.5 Å². The molecule has 2 bridgehead atoms. The molecule has 7 nitrogen and oxygen atoms in total. The smallest absolute Gasteiger partial charge is 0.316 e. The van der Waals surface area contributed by atoms with Crippen LogP contribution in [0, 0.1) is 39.9 Å². The molecule has 0 spiro atoms. The molecule has 39 heavy (non-hydrogen) atoms. The molecule has 0 aromatic rings.